The van der Waals surface area contributed by atoms with E-state index in [0.29, 0.717) is 6.04 Å². The first-order valence-corrected chi connectivity index (χ1v) is 9.45. The second-order valence-corrected chi connectivity index (χ2v) is 7.65. The minimum absolute atomic E-state index is 0.0856. The molecule has 0 spiro atoms. The van der Waals surface area contributed by atoms with Gasteiger partial charge in [-0.05, 0) is 33.1 Å². The maximum atomic E-state index is 12.2. The SMILES string of the molecule is CCC(C)n1c(SC(C)C(=O)NC2CC2)nnc1-c1ccccc1. The lowest BCUT2D eigenvalue weighted by atomic mass is 10.2. The van der Waals surface area contributed by atoms with Crippen LogP contribution in [0.5, 0.6) is 0 Å². The third kappa shape index (κ3) is 3.80. The van der Waals surface area contributed by atoms with Crippen LogP contribution in [0.25, 0.3) is 11.4 Å². The fraction of sp³-hybridized carbons (Fsp3) is 0.500. The van der Waals surface area contributed by atoms with E-state index in [9.17, 15) is 4.79 Å². The normalized spacial score (nSPS) is 16.6. The van der Waals surface area contributed by atoms with Gasteiger partial charge in [0.2, 0.25) is 5.91 Å². The predicted octanol–water partition coefficient (Wildman–Crippen LogP) is 3.68. The molecule has 1 saturated carbocycles. The van der Waals surface area contributed by atoms with Crippen LogP contribution in [-0.2, 0) is 4.79 Å². The van der Waals surface area contributed by atoms with Crippen LogP contribution in [0.4, 0.5) is 0 Å². The zero-order valence-electron chi connectivity index (χ0n) is 14.4. The van der Waals surface area contributed by atoms with Gasteiger partial charge in [0.1, 0.15) is 0 Å². The molecular formula is C18H24N4OS. The smallest absolute Gasteiger partial charge is 0.233 e. The third-order valence-corrected chi connectivity index (χ3v) is 5.36. The molecule has 1 aromatic heterocycles. The summed E-state index contributed by atoms with van der Waals surface area (Å²) in [6.45, 7) is 6.24. The lowest BCUT2D eigenvalue weighted by Crippen LogP contribution is -2.32. The molecule has 128 valence electrons. The van der Waals surface area contributed by atoms with Crippen molar-refractivity contribution in [1.29, 1.82) is 0 Å². The molecule has 0 saturated heterocycles. The second kappa shape index (κ2) is 7.38. The van der Waals surface area contributed by atoms with Gasteiger partial charge in [-0.25, -0.2) is 0 Å². The van der Waals surface area contributed by atoms with E-state index >= 15 is 0 Å². The minimum atomic E-state index is -0.179. The molecule has 1 aliphatic carbocycles. The van der Waals surface area contributed by atoms with Crippen LogP contribution >= 0.6 is 11.8 Å². The van der Waals surface area contributed by atoms with E-state index in [1.54, 1.807) is 0 Å². The summed E-state index contributed by atoms with van der Waals surface area (Å²) >= 11 is 1.48. The van der Waals surface area contributed by atoms with Crippen molar-refractivity contribution in [2.24, 2.45) is 0 Å². The Labute approximate surface area is 147 Å². The number of carbonyl (C=O) groups excluding carboxylic acids is 1. The highest BCUT2D eigenvalue weighted by molar-refractivity contribution is 8.00. The standard InChI is InChI=1S/C18H24N4OS/c1-4-12(2)22-16(14-8-6-5-7-9-14)20-21-18(22)24-13(3)17(23)19-15-10-11-15/h5-9,12-13,15H,4,10-11H2,1-3H3,(H,19,23). The number of nitrogens with one attached hydrogen (secondary N) is 1. The minimum Gasteiger partial charge on any atom is -0.352 e. The summed E-state index contributed by atoms with van der Waals surface area (Å²) in [7, 11) is 0. The van der Waals surface area contributed by atoms with Gasteiger partial charge in [-0.2, -0.15) is 0 Å². The average molecular weight is 344 g/mol. The van der Waals surface area contributed by atoms with Gasteiger partial charge in [0, 0.05) is 17.6 Å². The van der Waals surface area contributed by atoms with Crippen molar-refractivity contribution in [3.63, 3.8) is 0 Å². The lowest BCUT2D eigenvalue weighted by molar-refractivity contribution is -0.120. The van der Waals surface area contributed by atoms with Crippen molar-refractivity contribution in [3.05, 3.63) is 30.3 Å². The Balaban J connectivity index is 1.84. The summed E-state index contributed by atoms with van der Waals surface area (Å²) in [6.07, 6.45) is 3.18. The first kappa shape index (κ1) is 17.0. The highest BCUT2D eigenvalue weighted by atomic mass is 32.2. The Morgan fingerprint density at radius 2 is 2.00 bits per heavy atom. The van der Waals surface area contributed by atoms with E-state index in [1.807, 2.05) is 37.3 Å². The van der Waals surface area contributed by atoms with E-state index < -0.39 is 0 Å². The van der Waals surface area contributed by atoms with Gasteiger partial charge in [0.05, 0.1) is 5.25 Å². The van der Waals surface area contributed by atoms with Crippen molar-refractivity contribution < 1.29 is 4.79 Å². The quantitative estimate of drug-likeness (QED) is 0.779. The van der Waals surface area contributed by atoms with Gasteiger partial charge >= 0.3 is 0 Å². The molecule has 1 fully saturated rings. The Morgan fingerprint density at radius 3 is 2.62 bits per heavy atom. The highest BCUT2D eigenvalue weighted by Crippen LogP contribution is 2.31. The molecule has 3 rings (SSSR count). The van der Waals surface area contributed by atoms with E-state index in [0.717, 1.165) is 35.8 Å². The van der Waals surface area contributed by atoms with Gasteiger partial charge < -0.3 is 5.32 Å². The third-order valence-electron chi connectivity index (χ3n) is 4.30. The summed E-state index contributed by atoms with van der Waals surface area (Å²) < 4.78 is 2.15. The number of carbonyl (C=O) groups is 1. The van der Waals surface area contributed by atoms with Crippen molar-refractivity contribution in [3.8, 4) is 11.4 Å². The van der Waals surface area contributed by atoms with E-state index in [2.05, 4.69) is 33.9 Å². The van der Waals surface area contributed by atoms with Crippen LogP contribution in [0.1, 0.15) is 46.1 Å². The summed E-state index contributed by atoms with van der Waals surface area (Å²) in [5.41, 5.74) is 1.05. The highest BCUT2D eigenvalue weighted by Gasteiger charge is 2.28. The van der Waals surface area contributed by atoms with Crippen LogP contribution in [-0.4, -0.2) is 32.0 Å². The van der Waals surface area contributed by atoms with Gasteiger partial charge in [0.15, 0.2) is 11.0 Å². The fourth-order valence-electron chi connectivity index (χ4n) is 2.48. The van der Waals surface area contributed by atoms with Crippen LogP contribution in [0.2, 0.25) is 0 Å². The Morgan fingerprint density at radius 1 is 1.29 bits per heavy atom. The van der Waals surface area contributed by atoms with Crippen molar-refractivity contribution in [2.45, 2.75) is 62.5 Å². The molecule has 2 atom stereocenters. The number of thioether (sulfide) groups is 1. The van der Waals surface area contributed by atoms with Crippen LogP contribution < -0.4 is 5.32 Å². The number of amides is 1. The monoisotopic (exact) mass is 344 g/mol. The number of rotatable bonds is 7. The summed E-state index contributed by atoms with van der Waals surface area (Å²) in [6, 6.07) is 10.7. The molecule has 1 N–H and O–H groups in total. The summed E-state index contributed by atoms with van der Waals surface area (Å²) in [5, 5.41) is 12.5. The summed E-state index contributed by atoms with van der Waals surface area (Å²) in [4.78, 5) is 12.2. The molecule has 1 aromatic carbocycles. The first-order chi connectivity index (χ1) is 11.6. The first-order valence-electron chi connectivity index (χ1n) is 8.57. The van der Waals surface area contributed by atoms with Crippen molar-refractivity contribution in [1.82, 2.24) is 20.1 Å². The predicted molar refractivity (Wildman–Crippen MR) is 96.9 cm³/mol. The van der Waals surface area contributed by atoms with Gasteiger partial charge in [-0.1, -0.05) is 49.0 Å². The molecule has 0 aliphatic heterocycles. The van der Waals surface area contributed by atoms with Crippen LogP contribution in [0.3, 0.4) is 0 Å². The molecule has 2 aromatic rings. The lowest BCUT2D eigenvalue weighted by Gasteiger charge is -2.18. The average Bonchev–Trinajstić information content (AvgIpc) is 3.32. The van der Waals surface area contributed by atoms with E-state index in [1.165, 1.54) is 11.8 Å². The Bertz CT molecular complexity index is 696. The molecule has 0 radical (unpaired) electrons. The van der Waals surface area contributed by atoms with Gasteiger partial charge in [-0.3, -0.25) is 9.36 Å². The van der Waals surface area contributed by atoms with Crippen LogP contribution in [0, 0.1) is 0 Å². The molecule has 1 amide bonds. The number of nitrogens with zero attached hydrogens (tertiary/aromatic N) is 3. The zero-order chi connectivity index (χ0) is 17.1. The molecule has 1 aliphatic rings. The number of benzene rings is 1. The fourth-order valence-corrected chi connectivity index (χ4v) is 3.44. The molecule has 5 nitrogen and oxygen atoms in total. The topological polar surface area (TPSA) is 59.8 Å². The second-order valence-electron chi connectivity index (χ2n) is 6.34. The van der Waals surface area contributed by atoms with Crippen LogP contribution in [0.15, 0.2) is 35.5 Å². The van der Waals surface area contributed by atoms with E-state index in [-0.39, 0.29) is 17.2 Å². The molecule has 0 bridgehead atoms. The zero-order valence-corrected chi connectivity index (χ0v) is 15.2. The van der Waals surface area contributed by atoms with Gasteiger partial charge in [0.25, 0.3) is 0 Å². The Kier molecular flexibility index (Phi) is 5.23. The van der Waals surface area contributed by atoms with Gasteiger partial charge in [-0.15, -0.1) is 10.2 Å². The summed E-state index contributed by atoms with van der Waals surface area (Å²) in [5.74, 6) is 0.949. The maximum Gasteiger partial charge on any atom is 0.233 e. The number of hydrogen-bond acceptors (Lipinski definition) is 4. The van der Waals surface area contributed by atoms with Crippen molar-refractivity contribution in [2.75, 3.05) is 0 Å². The number of aromatic nitrogens is 3. The molecule has 1 heterocycles. The maximum absolute atomic E-state index is 12.2. The number of hydrogen-bond donors (Lipinski definition) is 1. The Hall–Kier alpha value is -1.82. The molecule has 2 unspecified atom stereocenters. The molecule has 6 heteroatoms. The molecule has 24 heavy (non-hydrogen) atoms. The van der Waals surface area contributed by atoms with Crippen molar-refractivity contribution >= 4 is 17.7 Å². The van der Waals surface area contributed by atoms with E-state index in [4.69, 9.17) is 0 Å². The molecular weight excluding hydrogens is 320 g/mol. The largest absolute Gasteiger partial charge is 0.352 e.